The quantitative estimate of drug-likeness (QED) is 0.269. The summed E-state index contributed by atoms with van der Waals surface area (Å²) in [5.74, 6) is -1.33. The second-order valence-corrected chi connectivity index (χ2v) is 7.55. The summed E-state index contributed by atoms with van der Waals surface area (Å²) in [6, 6.07) is 5.72. The molecule has 1 rings (SSSR count). The number of unbranched alkanes of at least 4 members (excludes halogenated alkanes) is 12. The summed E-state index contributed by atoms with van der Waals surface area (Å²) in [4.78, 5) is 24.1. The van der Waals surface area contributed by atoms with Crippen LogP contribution in [0.5, 0.6) is 0 Å². The van der Waals surface area contributed by atoms with Gasteiger partial charge in [0.15, 0.2) is 0 Å². The van der Waals surface area contributed by atoms with Crippen molar-refractivity contribution in [3.8, 4) is 0 Å². The number of pyridine rings is 1. The minimum absolute atomic E-state index is 0.341. The molecule has 0 aliphatic carbocycles. The maximum Gasteiger partial charge on any atom is 0.303 e. The normalized spacial score (nSPS) is 9.67. The van der Waals surface area contributed by atoms with Gasteiger partial charge in [0.1, 0.15) is 0 Å². The van der Waals surface area contributed by atoms with Crippen LogP contribution in [0, 0.1) is 0 Å². The molecule has 0 saturated heterocycles. The zero-order valence-corrected chi connectivity index (χ0v) is 19.4. The zero-order chi connectivity index (χ0) is 22.7. The molecule has 1 heterocycles. The predicted molar refractivity (Wildman–Crippen MR) is 125 cm³/mol. The van der Waals surface area contributed by atoms with Crippen LogP contribution in [0.15, 0.2) is 30.6 Å². The lowest BCUT2D eigenvalue weighted by atomic mass is 10.1. The molecule has 2 N–H and O–H groups in total. The fourth-order valence-electron chi connectivity index (χ4n) is 2.78. The van der Waals surface area contributed by atoms with E-state index >= 15 is 0 Å². The fraction of sp³-hybridized carbons (Fsp3) is 0.720. The van der Waals surface area contributed by atoms with E-state index in [9.17, 15) is 9.59 Å². The van der Waals surface area contributed by atoms with Crippen molar-refractivity contribution in [3.63, 3.8) is 0 Å². The highest BCUT2D eigenvalue weighted by molar-refractivity contribution is 5.66. The van der Waals surface area contributed by atoms with Crippen molar-refractivity contribution in [2.45, 2.75) is 117 Å². The highest BCUT2D eigenvalue weighted by Crippen LogP contribution is 2.08. The topological polar surface area (TPSA) is 87.5 Å². The standard InChI is InChI=1S/2C10H20O2.C5H5N/c2*1-2-3-4-5-6-7-8-9-10(11)12;1-2-4-6-5-3-1/h2*2-9H2,1H3,(H,11,12);1-5H. The van der Waals surface area contributed by atoms with Gasteiger partial charge in [-0.3, -0.25) is 14.6 Å². The van der Waals surface area contributed by atoms with E-state index in [1.54, 1.807) is 12.4 Å². The summed E-state index contributed by atoms with van der Waals surface area (Å²) in [7, 11) is 0. The lowest BCUT2D eigenvalue weighted by Crippen LogP contribution is -1.93. The summed E-state index contributed by atoms with van der Waals surface area (Å²) in [6.07, 6.45) is 20.8. The van der Waals surface area contributed by atoms with Gasteiger partial charge in [0, 0.05) is 25.2 Å². The van der Waals surface area contributed by atoms with E-state index in [0.717, 1.165) is 25.7 Å². The first-order valence-corrected chi connectivity index (χ1v) is 11.8. The summed E-state index contributed by atoms with van der Waals surface area (Å²) in [6.45, 7) is 4.40. The van der Waals surface area contributed by atoms with Crippen LogP contribution in [0.3, 0.4) is 0 Å². The van der Waals surface area contributed by atoms with Crippen LogP contribution < -0.4 is 0 Å². The summed E-state index contributed by atoms with van der Waals surface area (Å²) >= 11 is 0. The lowest BCUT2D eigenvalue weighted by molar-refractivity contribution is -0.138. The number of carboxylic acid groups (broad SMARTS) is 2. The Kier molecular flexibility index (Phi) is 27.3. The van der Waals surface area contributed by atoms with Crippen molar-refractivity contribution >= 4 is 11.9 Å². The van der Waals surface area contributed by atoms with Crippen LogP contribution in [-0.2, 0) is 9.59 Å². The van der Waals surface area contributed by atoms with Gasteiger partial charge < -0.3 is 10.2 Å². The molecular weight excluding hydrogens is 378 g/mol. The Bertz CT molecular complexity index is 411. The Morgan fingerprint density at radius 3 is 1.13 bits per heavy atom. The molecule has 30 heavy (non-hydrogen) atoms. The van der Waals surface area contributed by atoms with Crippen LogP contribution in [0.4, 0.5) is 0 Å². The number of aromatic nitrogens is 1. The van der Waals surface area contributed by atoms with Crippen LogP contribution in [-0.4, -0.2) is 27.1 Å². The molecule has 5 nitrogen and oxygen atoms in total. The monoisotopic (exact) mass is 423 g/mol. The van der Waals surface area contributed by atoms with Gasteiger partial charge in [0.2, 0.25) is 0 Å². The lowest BCUT2D eigenvalue weighted by Gasteiger charge is -1.98. The first kappa shape index (κ1) is 30.3. The van der Waals surface area contributed by atoms with Crippen molar-refractivity contribution < 1.29 is 19.8 Å². The van der Waals surface area contributed by atoms with Gasteiger partial charge in [0.25, 0.3) is 0 Å². The van der Waals surface area contributed by atoms with Crippen LogP contribution >= 0.6 is 0 Å². The second-order valence-electron chi connectivity index (χ2n) is 7.55. The molecule has 0 atom stereocenters. The van der Waals surface area contributed by atoms with Gasteiger partial charge in [-0.25, -0.2) is 0 Å². The first-order chi connectivity index (χ1) is 14.5. The van der Waals surface area contributed by atoms with E-state index in [2.05, 4.69) is 18.8 Å². The largest absolute Gasteiger partial charge is 0.481 e. The smallest absolute Gasteiger partial charge is 0.303 e. The van der Waals surface area contributed by atoms with E-state index in [1.165, 1.54) is 64.2 Å². The number of carbonyl (C=O) groups is 2. The fourth-order valence-corrected chi connectivity index (χ4v) is 2.78. The third-order valence-corrected chi connectivity index (χ3v) is 4.55. The van der Waals surface area contributed by atoms with Crippen molar-refractivity contribution in [2.24, 2.45) is 0 Å². The molecule has 0 aromatic carbocycles. The molecule has 1 aromatic rings. The third kappa shape index (κ3) is 33.7. The highest BCUT2D eigenvalue weighted by atomic mass is 16.4. The molecule has 0 bridgehead atoms. The number of hydrogen-bond acceptors (Lipinski definition) is 3. The number of aliphatic carboxylic acids is 2. The Morgan fingerprint density at radius 2 is 0.900 bits per heavy atom. The molecule has 1 aromatic heterocycles. The molecule has 5 heteroatoms. The van der Waals surface area contributed by atoms with Gasteiger partial charge in [-0.1, -0.05) is 97.0 Å². The molecular formula is C25H45NO4. The van der Waals surface area contributed by atoms with E-state index in [1.807, 2.05) is 18.2 Å². The molecule has 174 valence electrons. The summed E-state index contributed by atoms with van der Waals surface area (Å²) < 4.78 is 0. The van der Waals surface area contributed by atoms with E-state index in [-0.39, 0.29) is 0 Å². The van der Waals surface area contributed by atoms with E-state index in [0.29, 0.717) is 12.8 Å². The molecule has 0 spiro atoms. The zero-order valence-electron chi connectivity index (χ0n) is 19.4. The third-order valence-electron chi connectivity index (χ3n) is 4.55. The average Bonchev–Trinajstić information content (AvgIpc) is 2.74. The minimum atomic E-state index is -0.663. The molecule has 0 aliphatic heterocycles. The maximum absolute atomic E-state index is 10.1. The Balaban J connectivity index is 0. The molecule has 0 radical (unpaired) electrons. The van der Waals surface area contributed by atoms with Crippen molar-refractivity contribution in [1.82, 2.24) is 4.98 Å². The summed E-state index contributed by atoms with van der Waals surface area (Å²) in [5, 5.41) is 16.7. The highest BCUT2D eigenvalue weighted by Gasteiger charge is 1.96. The molecule has 0 saturated carbocycles. The number of carboxylic acids is 2. The van der Waals surface area contributed by atoms with Gasteiger partial charge in [0.05, 0.1) is 0 Å². The van der Waals surface area contributed by atoms with Crippen LogP contribution in [0.25, 0.3) is 0 Å². The van der Waals surface area contributed by atoms with E-state index < -0.39 is 11.9 Å². The van der Waals surface area contributed by atoms with Gasteiger partial charge in [-0.05, 0) is 25.0 Å². The Morgan fingerprint density at radius 1 is 0.567 bits per heavy atom. The predicted octanol–water partition coefficient (Wildman–Crippen LogP) is 7.51. The Labute approximate surface area is 184 Å². The van der Waals surface area contributed by atoms with Crippen molar-refractivity contribution in [1.29, 1.82) is 0 Å². The Hall–Kier alpha value is -1.91. The van der Waals surface area contributed by atoms with Crippen LogP contribution in [0.2, 0.25) is 0 Å². The van der Waals surface area contributed by atoms with Crippen LogP contribution in [0.1, 0.15) is 117 Å². The minimum Gasteiger partial charge on any atom is -0.481 e. The van der Waals surface area contributed by atoms with Gasteiger partial charge in [-0.2, -0.15) is 0 Å². The maximum atomic E-state index is 10.1. The van der Waals surface area contributed by atoms with Gasteiger partial charge >= 0.3 is 11.9 Å². The summed E-state index contributed by atoms with van der Waals surface area (Å²) in [5.41, 5.74) is 0. The average molecular weight is 424 g/mol. The molecule has 0 aliphatic rings. The SMILES string of the molecule is CCCCCCCCCC(=O)O.CCCCCCCCCC(=O)O.c1ccncc1. The van der Waals surface area contributed by atoms with Crippen molar-refractivity contribution in [2.75, 3.05) is 0 Å². The first-order valence-electron chi connectivity index (χ1n) is 11.8. The molecule has 0 unspecified atom stereocenters. The van der Waals surface area contributed by atoms with Crippen molar-refractivity contribution in [3.05, 3.63) is 30.6 Å². The van der Waals surface area contributed by atoms with E-state index in [4.69, 9.17) is 10.2 Å². The number of hydrogen-bond donors (Lipinski definition) is 2. The molecule has 0 amide bonds. The second kappa shape index (κ2) is 27.1. The van der Waals surface area contributed by atoms with Gasteiger partial charge in [-0.15, -0.1) is 0 Å². The number of rotatable bonds is 16. The molecule has 0 fully saturated rings. The number of nitrogens with zero attached hydrogens (tertiary/aromatic N) is 1.